The smallest absolute Gasteiger partial charge is 0.229 e. The normalized spacial score (nSPS) is 10.7. The third-order valence-electron chi connectivity index (χ3n) is 3.89. The summed E-state index contributed by atoms with van der Waals surface area (Å²) in [5.41, 5.74) is 2.75. The molecule has 0 aliphatic rings. The third kappa shape index (κ3) is 5.77. The molecule has 1 aromatic heterocycles. The Morgan fingerprint density at radius 1 is 1.21 bits per heavy atom. The van der Waals surface area contributed by atoms with Gasteiger partial charge in [-0.15, -0.1) is 10.2 Å². The van der Waals surface area contributed by atoms with Gasteiger partial charge in [0.05, 0.1) is 13.0 Å². The molecule has 0 atom stereocenters. The minimum absolute atomic E-state index is 0.188. The highest BCUT2D eigenvalue weighted by molar-refractivity contribution is 8.00. The maximum absolute atomic E-state index is 13.6. The molecule has 8 heteroatoms. The molecular formula is C20H20FN3O2S2. The van der Waals surface area contributed by atoms with E-state index in [1.165, 1.54) is 29.2 Å². The van der Waals surface area contributed by atoms with Crippen LogP contribution in [0.5, 0.6) is 5.75 Å². The van der Waals surface area contributed by atoms with Crippen LogP contribution in [0.1, 0.15) is 23.1 Å². The van der Waals surface area contributed by atoms with Gasteiger partial charge in [0, 0.05) is 5.75 Å². The van der Waals surface area contributed by atoms with Gasteiger partial charge in [-0.1, -0.05) is 53.4 Å². The van der Waals surface area contributed by atoms with E-state index < -0.39 is 0 Å². The number of aromatic nitrogens is 2. The SMILES string of the molecule is Cc1ccc(C)c(OCCC(=O)Nc2nnc(SCc3ccccc3F)s2)c1. The molecule has 0 unspecified atom stereocenters. The fourth-order valence-corrected chi connectivity index (χ4v) is 4.13. The Hall–Kier alpha value is -2.45. The number of aryl methyl sites for hydroxylation is 2. The molecule has 1 amide bonds. The summed E-state index contributed by atoms with van der Waals surface area (Å²) in [6, 6.07) is 12.6. The monoisotopic (exact) mass is 417 g/mol. The molecule has 0 bridgehead atoms. The van der Waals surface area contributed by atoms with E-state index in [4.69, 9.17) is 4.74 Å². The van der Waals surface area contributed by atoms with Crippen molar-refractivity contribution in [1.82, 2.24) is 10.2 Å². The molecule has 0 aliphatic heterocycles. The summed E-state index contributed by atoms with van der Waals surface area (Å²) < 4.78 is 20.0. The average molecular weight is 418 g/mol. The Morgan fingerprint density at radius 2 is 2.04 bits per heavy atom. The van der Waals surface area contributed by atoms with E-state index in [0.717, 1.165) is 16.9 Å². The summed E-state index contributed by atoms with van der Waals surface area (Å²) in [6.45, 7) is 4.25. The summed E-state index contributed by atoms with van der Waals surface area (Å²) in [4.78, 5) is 12.1. The fourth-order valence-electron chi connectivity index (χ4n) is 2.37. The number of anilines is 1. The zero-order valence-corrected chi connectivity index (χ0v) is 17.2. The lowest BCUT2D eigenvalue weighted by molar-refractivity contribution is -0.116. The van der Waals surface area contributed by atoms with E-state index in [0.29, 0.717) is 20.8 Å². The average Bonchev–Trinajstić information content (AvgIpc) is 3.11. The predicted molar refractivity (Wildman–Crippen MR) is 111 cm³/mol. The van der Waals surface area contributed by atoms with Gasteiger partial charge < -0.3 is 10.1 Å². The Balaban J connectivity index is 1.44. The number of nitrogens with zero attached hydrogens (tertiary/aromatic N) is 2. The van der Waals surface area contributed by atoms with Crippen LogP contribution < -0.4 is 10.1 Å². The molecule has 0 saturated carbocycles. The second-order valence-electron chi connectivity index (χ2n) is 6.17. The first kappa shape index (κ1) is 20.3. The minimum atomic E-state index is -0.239. The van der Waals surface area contributed by atoms with Crippen molar-refractivity contribution in [2.24, 2.45) is 0 Å². The van der Waals surface area contributed by atoms with E-state index in [1.807, 2.05) is 32.0 Å². The molecule has 3 aromatic rings. The van der Waals surface area contributed by atoms with Crippen LogP contribution in [-0.4, -0.2) is 22.7 Å². The van der Waals surface area contributed by atoms with Gasteiger partial charge in [-0.3, -0.25) is 4.79 Å². The summed E-state index contributed by atoms with van der Waals surface area (Å²) in [5.74, 6) is 0.818. The molecule has 5 nitrogen and oxygen atoms in total. The lowest BCUT2D eigenvalue weighted by Crippen LogP contribution is -2.15. The Bertz CT molecular complexity index is 962. The highest BCUT2D eigenvalue weighted by Gasteiger charge is 2.10. The number of rotatable bonds is 8. The summed E-state index contributed by atoms with van der Waals surface area (Å²) in [7, 11) is 0. The number of amides is 1. The molecule has 3 rings (SSSR count). The molecule has 28 heavy (non-hydrogen) atoms. The summed E-state index contributed by atoms with van der Waals surface area (Å²) >= 11 is 2.65. The first-order valence-corrected chi connectivity index (χ1v) is 10.5. The number of benzene rings is 2. The van der Waals surface area contributed by atoms with E-state index in [-0.39, 0.29) is 24.8 Å². The topological polar surface area (TPSA) is 64.1 Å². The number of thioether (sulfide) groups is 1. The fraction of sp³-hybridized carbons (Fsp3) is 0.250. The third-order valence-corrected chi connectivity index (χ3v) is 5.91. The van der Waals surface area contributed by atoms with Crippen LogP contribution in [0.25, 0.3) is 0 Å². The van der Waals surface area contributed by atoms with E-state index in [9.17, 15) is 9.18 Å². The molecule has 2 aromatic carbocycles. The van der Waals surface area contributed by atoms with Crippen LogP contribution >= 0.6 is 23.1 Å². The summed E-state index contributed by atoms with van der Waals surface area (Å²) in [6.07, 6.45) is 0.213. The van der Waals surface area contributed by atoms with Gasteiger partial charge in [0.1, 0.15) is 11.6 Å². The highest BCUT2D eigenvalue weighted by atomic mass is 32.2. The molecule has 1 N–H and O–H groups in total. The Labute approximate surface area is 171 Å². The van der Waals surface area contributed by atoms with Crippen molar-refractivity contribution in [3.05, 3.63) is 65.0 Å². The second kappa shape index (κ2) is 9.66. The summed E-state index contributed by atoms with van der Waals surface area (Å²) in [5, 5.41) is 11.1. The number of carbonyl (C=O) groups excluding carboxylic acids is 1. The van der Waals surface area contributed by atoms with Gasteiger partial charge in [-0.05, 0) is 42.7 Å². The second-order valence-corrected chi connectivity index (χ2v) is 8.37. The zero-order valence-electron chi connectivity index (χ0n) is 15.6. The van der Waals surface area contributed by atoms with Crippen LogP contribution in [0.15, 0.2) is 46.8 Å². The molecule has 146 valence electrons. The van der Waals surface area contributed by atoms with Crippen LogP contribution in [0, 0.1) is 19.7 Å². The lowest BCUT2D eigenvalue weighted by atomic mass is 10.1. The van der Waals surface area contributed by atoms with Crippen LogP contribution in [0.3, 0.4) is 0 Å². The standard InChI is InChI=1S/C20H20FN3O2S2/c1-13-7-8-14(2)17(11-13)26-10-9-18(25)22-19-23-24-20(28-19)27-12-15-5-3-4-6-16(15)21/h3-8,11H,9-10,12H2,1-2H3,(H,22,23,25). The number of halogens is 1. The maximum atomic E-state index is 13.6. The van der Waals surface area contributed by atoms with Crippen molar-refractivity contribution in [2.45, 2.75) is 30.4 Å². The Morgan fingerprint density at radius 3 is 2.86 bits per heavy atom. The predicted octanol–water partition coefficient (Wildman–Crippen LogP) is 4.99. The van der Waals surface area contributed by atoms with Gasteiger partial charge in [0.2, 0.25) is 11.0 Å². The van der Waals surface area contributed by atoms with Gasteiger partial charge >= 0.3 is 0 Å². The highest BCUT2D eigenvalue weighted by Crippen LogP contribution is 2.29. The van der Waals surface area contributed by atoms with Gasteiger partial charge in [0.25, 0.3) is 0 Å². The number of hydrogen-bond donors (Lipinski definition) is 1. The quantitative estimate of drug-likeness (QED) is 0.413. The molecule has 1 heterocycles. The van der Waals surface area contributed by atoms with Crippen molar-refractivity contribution in [1.29, 1.82) is 0 Å². The molecule has 0 spiro atoms. The molecular weight excluding hydrogens is 397 g/mol. The van der Waals surface area contributed by atoms with Gasteiger partial charge in [-0.2, -0.15) is 0 Å². The number of ether oxygens (including phenoxy) is 1. The molecule has 0 saturated heterocycles. The maximum Gasteiger partial charge on any atom is 0.229 e. The van der Waals surface area contributed by atoms with E-state index in [2.05, 4.69) is 15.5 Å². The Kier molecular flexibility index (Phi) is 7.00. The van der Waals surface area contributed by atoms with Crippen LogP contribution in [0.4, 0.5) is 9.52 Å². The van der Waals surface area contributed by atoms with Crippen molar-refractivity contribution in [3.63, 3.8) is 0 Å². The first-order chi connectivity index (χ1) is 13.5. The van der Waals surface area contributed by atoms with Gasteiger partial charge in [0.15, 0.2) is 4.34 Å². The van der Waals surface area contributed by atoms with Crippen molar-refractivity contribution in [3.8, 4) is 5.75 Å². The van der Waals surface area contributed by atoms with Crippen LogP contribution in [0.2, 0.25) is 0 Å². The molecule has 0 aliphatic carbocycles. The van der Waals surface area contributed by atoms with Gasteiger partial charge in [-0.25, -0.2) is 4.39 Å². The lowest BCUT2D eigenvalue weighted by Gasteiger charge is -2.09. The number of nitrogens with one attached hydrogen (secondary N) is 1. The first-order valence-electron chi connectivity index (χ1n) is 8.71. The zero-order chi connectivity index (χ0) is 19.9. The van der Waals surface area contributed by atoms with Crippen molar-refractivity contribution < 1.29 is 13.9 Å². The number of hydrogen-bond acceptors (Lipinski definition) is 6. The van der Waals surface area contributed by atoms with E-state index in [1.54, 1.807) is 18.2 Å². The minimum Gasteiger partial charge on any atom is -0.493 e. The van der Waals surface area contributed by atoms with E-state index >= 15 is 0 Å². The molecule has 0 fully saturated rings. The largest absolute Gasteiger partial charge is 0.493 e. The molecule has 0 radical (unpaired) electrons. The van der Waals surface area contributed by atoms with Crippen molar-refractivity contribution in [2.75, 3.05) is 11.9 Å². The van der Waals surface area contributed by atoms with Crippen molar-refractivity contribution >= 4 is 34.1 Å². The number of carbonyl (C=O) groups is 1. The van der Waals surface area contributed by atoms with Crippen LogP contribution in [-0.2, 0) is 10.5 Å².